The standard InChI is InChI=1S/C13H14N2O2/c16-13(14-8-12-9-17-10-15-12)7-6-11-4-2-1-3-5-11/h1-5,9-10H,6-8H2,(H,14,16). The summed E-state index contributed by atoms with van der Waals surface area (Å²) in [5.41, 5.74) is 1.90. The maximum atomic E-state index is 11.5. The summed E-state index contributed by atoms with van der Waals surface area (Å²) in [5, 5.41) is 2.79. The minimum absolute atomic E-state index is 0.0249. The fourth-order valence-corrected chi connectivity index (χ4v) is 1.50. The van der Waals surface area contributed by atoms with Crippen LogP contribution in [0, 0.1) is 0 Å². The van der Waals surface area contributed by atoms with Gasteiger partial charge in [-0.3, -0.25) is 4.79 Å². The second kappa shape index (κ2) is 5.84. The lowest BCUT2D eigenvalue weighted by Gasteiger charge is -2.03. The van der Waals surface area contributed by atoms with Crippen LogP contribution in [-0.2, 0) is 17.8 Å². The SMILES string of the molecule is O=C(CCc1ccccc1)NCc1cocn1. The number of benzene rings is 1. The van der Waals surface area contributed by atoms with Crippen molar-refractivity contribution in [3.05, 3.63) is 54.2 Å². The van der Waals surface area contributed by atoms with E-state index in [1.807, 2.05) is 30.3 Å². The number of rotatable bonds is 5. The molecule has 4 nitrogen and oxygen atoms in total. The summed E-state index contributed by atoms with van der Waals surface area (Å²) < 4.78 is 4.81. The summed E-state index contributed by atoms with van der Waals surface area (Å²) >= 11 is 0. The third-order valence-electron chi connectivity index (χ3n) is 2.43. The predicted molar refractivity (Wildman–Crippen MR) is 63.1 cm³/mol. The highest BCUT2D eigenvalue weighted by Gasteiger charge is 2.03. The third kappa shape index (κ3) is 3.75. The molecule has 17 heavy (non-hydrogen) atoms. The van der Waals surface area contributed by atoms with E-state index >= 15 is 0 Å². The van der Waals surface area contributed by atoms with Crippen molar-refractivity contribution in [2.45, 2.75) is 19.4 Å². The van der Waals surface area contributed by atoms with E-state index in [4.69, 9.17) is 4.42 Å². The molecule has 1 amide bonds. The van der Waals surface area contributed by atoms with Gasteiger partial charge in [-0.1, -0.05) is 30.3 Å². The number of nitrogens with zero attached hydrogens (tertiary/aromatic N) is 1. The molecule has 0 saturated heterocycles. The first kappa shape index (κ1) is 11.4. The topological polar surface area (TPSA) is 55.1 Å². The maximum absolute atomic E-state index is 11.5. The normalized spacial score (nSPS) is 10.1. The van der Waals surface area contributed by atoms with Crippen LogP contribution in [0.1, 0.15) is 17.7 Å². The van der Waals surface area contributed by atoms with Gasteiger partial charge in [0.25, 0.3) is 0 Å². The van der Waals surface area contributed by atoms with Crippen LogP contribution in [-0.4, -0.2) is 10.9 Å². The zero-order valence-electron chi connectivity index (χ0n) is 9.43. The molecule has 0 fully saturated rings. The van der Waals surface area contributed by atoms with Gasteiger partial charge in [0.1, 0.15) is 6.26 Å². The van der Waals surface area contributed by atoms with Gasteiger partial charge in [-0.25, -0.2) is 4.98 Å². The molecule has 0 atom stereocenters. The van der Waals surface area contributed by atoms with Gasteiger partial charge >= 0.3 is 0 Å². The molecular formula is C13H14N2O2. The number of aryl methyl sites for hydroxylation is 1. The maximum Gasteiger partial charge on any atom is 0.220 e. The van der Waals surface area contributed by atoms with Crippen molar-refractivity contribution in [2.24, 2.45) is 0 Å². The number of hydrogen-bond acceptors (Lipinski definition) is 3. The molecule has 1 N–H and O–H groups in total. The van der Waals surface area contributed by atoms with E-state index in [0.717, 1.165) is 12.1 Å². The minimum atomic E-state index is 0.0249. The number of amides is 1. The number of hydrogen-bond donors (Lipinski definition) is 1. The van der Waals surface area contributed by atoms with Gasteiger partial charge in [0, 0.05) is 6.42 Å². The van der Waals surface area contributed by atoms with E-state index in [9.17, 15) is 4.79 Å². The highest BCUT2D eigenvalue weighted by Crippen LogP contribution is 2.02. The smallest absolute Gasteiger partial charge is 0.220 e. The van der Waals surface area contributed by atoms with Crippen molar-refractivity contribution in [2.75, 3.05) is 0 Å². The van der Waals surface area contributed by atoms with Crippen molar-refractivity contribution >= 4 is 5.91 Å². The first-order valence-electron chi connectivity index (χ1n) is 5.52. The Morgan fingerprint density at radius 2 is 2.12 bits per heavy atom. The lowest BCUT2D eigenvalue weighted by atomic mass is 10.1. The monoisotopic (exact) mass is 230 g/mol. The molecule has 2 rings (SSSR count). The second-order valence-corrected chi connectivity index (χ2v) is 3.74. The summed E-state index contributed by atoms with van der Waals surface area (Å²) in [6.07, 6.45) is 4.12. The zero-order chi connectivity index (χ0) is 11.9. The first-order chi connectivity index (χ1) is 8.34. The third-order valence-corrected chi connectivity index (χ3v) is 2.43. The molecule has 0 radical (unpaired) electrons. The number of oxazole rings is 1. The van der Waals surface area contributed by atoms with Crippen LogP contribution < -0.4 is 5.32 Å². The Kier molecular flexibility index (Phi) is 3.91. The van der Waals surface area contributed by atoms with Crippen LogP contribution in [0.25, 0.3) is 0 Å². The predicted octanol–water partition coefficient (Wildman–Crippen LogP) is 1.92. The molecule has 0 bridgehead atoms. The fraction of sp³-hybridized carbons (Fsp3) is 0.231. The van der Waals surface area contributed by atoms with Crippen LogP contribution in [0.5, 0.6) is 0 Å². The molecule has 88 valence electrons. The first-order valence-corrected chi connectivity index (χ1v) is 5.52. The molecule has 0 spiro atoms. The Hall–Kier alpha value is -2.10. The molecule has 0 aliphatic heterocycles. The largest absolute Gasteiger partial charge is 0.451 e. The van der Waals surface area contributed by atoms with Gasteiger partial charge in [-0.05, 0) is 12.0 Å². The number of aromatic nitrogens is 1. The summed E-state index contributed by atoms with van der Waals surface area (Å²) in [6.45, 7) is 0.421. The second-order valence-electron chi connectivity index (χ2n) is 3.74. The summed E-state index contributed by atoms with van der Waals surface area (Å²) in [6, 6.07) is 9.95. The average molecular weight is 230 g/mol. The average Bonchev–Trinajstić information content (AvgIpc) is 2.88. The van der Waals surface area contributed by atoms with E-state index in [0.29, 0.717) is 13.0 Å². The lowest BCUT2D eigenvalue weighted by molar-refractivity contribution is -0.121. The van der Waals surface area contributed by atoms with E-state index in [1.165, 1.54) is 18.2 Å². The van der Waals surface area contributed by atoms with Crippen molar-refractivity contribution in [1.82, 2.24) is 10.3 Å². The highest BCUT2D eigenvalue weighted by molar-refractivity contribution is 5.76. The lowest BCUT2D eigenvalue weighted by Crippen LogP contribution is -2.23. The highest BCUT2D eigenvalue weighted by atomic mass is 16.3. The van der Waals surface area contributed by atoms with E-state index in [1.54, 1.807) is 0 Å². The Balaban J connectivity index is 1.71. The van der Waals surface area contributed by atoms with Crippen molar-refractivity contribution in [1.29, 1.82) is 0 Å². The molecule has 0 unspecified atom stereocenters. The van der Waals surface area contributed by atoms with E-state index in [2.05, 4.69) is 10.3 Å². The zero-order valence-corrected chi connectivity index (χ0v) is 9.43. The van der Waals surface area contributed by atoms with Gasteiger partial charge in [0.15, 0.2) is 6.39 Å². The number of carbonyl (C=O) groups excluding carboxylic acids is 1. The molecule has 0 saturated carbocycles. The summed E-state index contributed by atoms with van der Waals surface area (Å²) in [7, 11) is 0. The van der Waals surface area contributed by atoms with Crippen LogP contribution in [0.2, 0.25) is 0 Å². The molecule has 1 aromatic heterocycles. The fourth-order valence-electron chi connectivity index (χ4n) is 1.50. The Bertz CT molecular complexity index is 452. The van der Waals surface area contributed by atoms with Gasteiger partial charge in [-0.2, -0.15) is 0 Å². The van der Waals surface area contributed by atoms with E-state index in [-0.39, 0.29) is 5.91 Å². The van der Waals surface area contributed by atoms with Crippen molar-refractivity contribution < 1.29 is 9.21 Å². The molecule has 1 aromatic carbocycles. The Labute approximate surface area is 99.7 Å². The molecule has 0 aliphatic carbocycles. The van der Waals surface area contributed by atoms with Gasteiger partial charge in [0.05, 0.1) is 12.2 Å². The number of nitrogens with one attached hydrogen (secondary N) is 1. The van der Waals surface area contributed by atoms with Crippen LogP contribution in [0.3, 0.4) is 0 Å². The van der Waals surface area contributed by atoms with Crippen LogP contribution in [0.4, 0.5) is 0 Å². The molecular weight excluding hydrogens is 216 g/mol. The molecule has 2 aromatic rings. The molecule has 4 heteroatoms. The Morgan fingerprint density at radius 1 is 1.29 bits per heavy atom. The molecule has 0 aliphatic rings. The van der Waals surface area contributed by atoms with Gasteiger partial charge in [0.2, 0.25) is 5.91 Å². The van der Waals surface area contributed by atoms with Crippen LogP contribution in [0.15, 0.2) is 47.4 Å². The van der Waals surface area contributed by atoms with E-state index < -0.39 is 0 Å². The molecule has 1 heterocycles. The summed E-state index contributed by atoms with van der Waals surface area (Å²) in [4.78, 5) is 15.5. The quantitative estimate of drug-likeness (QED) is 0.853. The minimum Gasteiger partial charge on any atom is -0.451 e. The van der Waals surface area contributed by atoms with Crippen molar-refractivity contribution in [3.63, 3.8) is 0 Å². The Morgan fingerprint density at radius 3 is 2.82 bits per heavy atom. The van der Waals surface area contributed by atoms with Crippen LogP contribution >= 0.6 is 0 Å². The number of carbonyl (C=O) groups is 1. The van der Waals surface area contributed by atoms with Crippen molar-refractivity contribution in [3.8, 4) is 0 Å². The van der Waals surface area contributed by atoms with Gasteiger partial charge in [-0.15, -0.1) is 0 Å². The van der Waals surface area contributed by atoms with Gasteiger partial charge < -0.3 is 9.73 Å². The summed E-state index contributed by atoms with van der Waals surface area (Å²) in [5.74, 6) is 0.0249.